The number of carbonyl (C=O) groups excluding carboxylic acids is 2. The molecule has 0 heterocycles. The number of carbonyl (C=O) groups is 2. The van der Waals surface area contributed by atoms with E-state index in [1.807, 2.05) is 12.1 Å². The van der Waals surface area contributed by atoms with Gasteiger partial charge in [0.1, 0.15) is 11.6 Å². The fourth-order valence-electron chi connectivity index (χ4n) is 2.89. The lowest BCUT2D eigenvalue weighted by molar-refractivity contribution is 0.0941. The van der Waals surface area contributed by atoms with Crippen LogP contribution in [0.5, 0.6) is 5.75 Å². The Bertz CT molecular complexity index is 966. The Hall–Kier alpha value is -3.47. The summed E-state index contributed by atoms with van der Waals surface area (Å²) < 4.78 is 13.1. The van der Waals surface area contributed by atoms with Gasteiger partial charge in [0.15, 0.2) is 5.78 Å². The predicted octanol–water partition coefficient (Wildman–Crippen LogP) is 4.12. The van der Waals surface area contributed by atoms with Crippen LogP contribution in [0, 0.1) is 5.82 Å². The maximum Gasteiger partial charge on any atom is 0.252 e. The molecule has 0 aliphatic carbocycles. The van der Waals surface area contributed by atoms with Crippen molar-refractivity contribution in [1.29, 1.82) is 0 Å². The van der Waals surface area contributed by atoms with Crippen molar-refractivity contribution in [1.82, 2.24) is 5.32 Å². The molecule has 0 aliphatic rings. The zero-order valence-corrected chi connectivity index (χ0v) is 15.2. The Morgan fingerprint density at radius 2 is 1.50 bits per heavy atom. The topological polar surface area (TPSA) is 66.4 Å². The molecule has 5 heteroatoms. The first kappa shape index (κ1) is 19.3. The van der Waals surface area contributed by atoms with Gasteiger partial charge in [-0.3, -0.25) is 9.59 Å². The molecule has 0 bridgehead atoms. The highest BCUT2D eigenvalue weighted by Gasteiger charge is 2.17. The molecule has 0 saturated heterocycles. The van der Waals surface area contributed by atoms with Crippen LogP contribution in [0.15, 0.2) is 72.8 Å². The molecule has 1 amide bonds. The summed E-state index contributed by atoms with van der Waals surface area (Å²) in [4.78, 5) is 25.3. The summed E-state index contributed by atoms with van der Waals surface area (Å²) in [6.45, 7) is 0.457. The highest BCUT2D eigenvalue weighted by Crippen LogP contribution is 2.16. The lowest BCUT2D eigenvalue weighted by Gasteiger charge is -2.10. The molecule has 0 aliphatic heterocycles. The van der Waals surface area contributed by atoms with Gasteiger partial charge in [-0.2, -0.15) is 0 Å². The van der Waals surface area contributed by atoms with E-state index in [4.69, 9.17) is 0 Å². The Kier molecular flexibility index (Phi) is 6.17. The van der Waals surface area contributed by atoms with E-state index in [1.165, 1.54) is 24.3 Å². The maximum atomic E-state index is 13.1. The Balaban J connectivity index is 1.63. The lowest BCUT2D eigenvalue weighted by atomic mass is 9.98. The number of phenolic OH excluding ortho intramolecular Hbond substituents is 1. The summed E-state index contributed by atoms with van der Waals surface area (Å²) in [6, 6.07) is 18.8. The molecule has 3 aromatic rings. The average molecular weight is 377 g/mol. The number of phenols is 1. The molecule has 0 spiro atoms. The van der Waals surface area contributed by atoms with Crippen molar-refractivity contribution in [3.8, 4) is 5.75 Å². The van der Waals surface area contributed by atoms with Crippen LogP contribution in [-0.4, -0.2) is 23.3 Å². The van der Waals surface area contributed by atoms with Crippen LogP contribution in [0.4, 0.5) is 4.39 Å². The molecule has 0 aromatic heterocycles. The zero-order valence-electron chi connectivity index (χ0n) is 15.2. The van der Waals surface area contributed by atoms with Gasteiger partial charge in [0.25, 0.3) is 5.91 Å². The summed E-state index contributed by atoms with van der Waals surface area (Å²) in [5, 5.41) is 12.1. The van der Waals surface area contributed by atoms with Crippen molar-refractivity contribution in [3.05, 3.63) is 101 Å². The number of halogens is 1. The minimum absolute atomic E-state index is 0.222. The van der Waals surface area contributed by atoms with Crippen molar-refractivity contribution in [2.75, 3.05) is 6.54 Å². The van der Waals surface area contributed by atoms with Gasteiger partial charge in [-0.1, -0.05) is 30.3 Å². The molecule has 0 atom stereocenters. The third kappa shape index (κ3) is 4.82. The van der Waals surface area contributed by atoms with Gasteiger partial charge >= 0.3 is 0 Å². The van der Waals surface area contributed by atoms with Crippen LogP contribution in [0.2, 0.25) is 0 Å². The molecule has 0 saturated carbocycles. The minimum Gasteiger partial charge on any atom is -0.508 e. The molecule has 28 heavy (non-hydrogen) atoms. The van der Waals surface area contributed by atoms with Crippen molar-refractivity contribution < 1.29 is 19.1 Å². The number of benzene rings is 3. The van der Waals surface area contributed by atoms with E-state index in [0.29, 0.717) is 17.7 Å². The van der Waals surface area contributed by atoms with E-state index in [0.717, 1.165) is 18.4 Å². The number of nitrogens with one attached hydrogen (secondary N) is 1. The fraction of sp³-hybridized carbons (Fsp3) is 0.130. The number of rotatable bonds is 7. The zero-order chi connectivity index (χ0) is 19.9. The van der Waals surface area contributed by atoms with E-state index in [9.17, 15) is 19.1 Å². The van der Waals surface area contributed by atoms with Gasteiger partial charge in [-0.05, 0) is 60.9 Å². The summed E-state index contributed by atoms with van der Waals surface area (Å²) in [6.07, 6.45) is 1.49. The predicted molar refractivity (Wildman–Crippen MR) is 105 cm³/mol. The van der Waals surface area contributed by atoms with Gasteiger partial charge < -0.3 is 10.4 Å². The number of amides is 1. The lowest BCUT2D eigenvalue weighted by Crippen LogP contribution is -2.26. The van der Waals surface area contributed by atoms with E-state index >= 15 is 0 Å². The molecule has 0 radical (unpaired) electrons. The second-order valence-corrected chi connectivity index (χ2v) is 6.41. The summed E-state index contributed by atoms with van der Waals surface area (Å²) in [7, 11) is 0. The molecule has 0 unspecified atom stereocenters. The third-order valence-corrected chi connectivity index (χ3v) is 4.39. The van der Waals surface area contributed by atoms with Crippen molar-refractivity contribution >= 4 is 11.7 Å². The largest absolute Gasteiger partial charge is 0.508 e. The van der Waals surface area contributed by atoms with Crippen molar-refractivity contribution in [2.24, 2.45) is 0 Å². The SMILES string of the molecule is O=C(NCCCc1ccc(O)cc1)c1ccccc1C(=O)c1ccc(F)cc1. The summed E-state index contributed by atoms with van der Waals surface area (Å²) >= 11 is 0. The Morgan fingerprint density at radius 3 is 2.18 bits per heavy atom. The normalized spacial score (nSPS) is 10.5. The smallest absolute Gasteiger partial charge is 0.252 e. The molecule has 142 valence electrons. The molecule has 3 rings (SSSR count). The summed E-state index contributed by atoms with van der Waals surface area (Å²) in [5.41, 5.74) is 1.97. The minimum atomic E-state index is -0.420. The molecule has 3 aromatic carbocycles. The fourth-order valence-corrected chi connectivity index (χ4v) is 2.89. The van der Waals surface area contributed by atoms with Crippen LogP contribution >= 0.6 is 0 Å². The van der Waals surface area contributed by atoms with Crippen LogP contribution in [-0.2, 0) is 6.42 Å². The Morgan fingerprint density at radius 1 is 0.857 bits per heavy atom. The maximum absolute atomic E-state index is 13.1. The monoisotopic (exact) mass is 377 g/mol. The van der Waals surface area contributed by atoms with Crippen LogP contribution < -0.4 is 5.32 Å². The van der Waals surface area contributed by atoms with Crippen molar-refractivity contribution in [3.63, 3.8) is 0 Å². The molecular weight excluding hydrogens is 357 g/mol. The standard InChI is InChI=1S/C23H20FNO3/c24-18-11-9-17(10-12-18)22(27)20-5-1-2-6-21(20)23(28)25-15-3-4-16-7-13-19(26)14-8-16/h1-2,5-14,26H,3-4,15H2,(H,25,28). The summed E-state index contributed by atoms with van der Waals surface area (Å²) in [5.74, 6) is -0.845. The Labute approximate surface area is 162 Å². The first-order chi connectivity index (χ1) is 13.5. The van der Waals surface area contributed by atoms with Gasteiger partial charge in [-0.15, -0.1) is 0 Å². The second kappa shape index (κ2) is 8.95. The third-order valence-electron chi connectivity index (χ3n) is 4.39. The highest BCUT2D eigenvalue weighted by molar-refractivity contribution is 6.15. The van der Waals surface area contributed by atoms with Gasteiger partial charge in [0.05, 0.1) is 5.56 Å². The molecule has 2 N–H and O–H groups in total. The van der Waals surface area contributed by atoms with Crippen molar-refractivity contribution in [2.45, 2.75) is 12.8 Å². The number of hydrogen-bond acceptors (Lipinski definition) is 3. The van der Waals surface area contributed by atoms with Gasteiger partial charge in [0.2, 0.25) is 0 Å². The van der Waals surface area contributed by atoms with Gasteiger partial charge in [-0.25, -0.2) is 4.39 Å². The number of aromatic hydroxyl groups is 1. The quantitative estimate of drug-likeness (QED) is 0.481. The number of ketones is 1. The van der Waals surface area contributed by atoms with Crippen LogP contribution in [0.1, 0.15) is 38.3 Å². The van der Waals surface area contributed by atoms with Crippen LogP contribution in [0.25, 0.3) is 0 Å². The molecule has 0 fully saturated rings. The van der Waals surface area contributed by atoms with E-state index in [2.05, 4.69) is 5.32 Å². The van der Waals surface area contributed by atoms with E-state index < -0.39 is 5.82 Å². The second-order valence-electron chi connectivity index (χ2n) is 6.41. The van der Waals surface area contributed by atoms with Crippen LogP contribution in [0.3, 0.4) is 0 Å². The molecule has 4 nitrogen and oxygen atoms in total. The first-order valence-electron chi connectivity index (χ1n) is 9.00. The number of aryl methyl sites for hydroxylation is 1. The molecular formula is C23H20FNO3. The average Bonchev–Trinajstić information content (AvgIpc) is 2.72. The highest BCUT2D eigenvalue weighted by atomic mass is 19.1. The first-order valence-corrected chi connectivity index (χ1v) is 9.00. The number of hydrogen-bond donors (Lipinski definition) is 2. The van der Waals surface area contributed by atoms with Gasteiger partial charge in [0, 0.05) is 17.7 Å². The van der Waals surface area contributed by atoms with E-state index in [1.54, 1.807) is 36.4 Å². The van der Waals surface area contributed by atoms with E-state index in [-0.39, 0.29) is 23.0 Å².